The predicted octanol–water partition coefficient (Wildman–Crippen LogP) is 3.10. The van der Waals surface area contributed by atoms with E-state index in [9.17, 15) is 4.79 Å². The topological polar surface area (TPSA) is 91.9 Å². The standard InChI is InChI=1S/C19H21N5O2/c1-12-4-7-15(10-13(12)2)21-18-17(22-24-23-18)19(25)20-11-14-5-8-16(26-3)9-6-14/h4-10H,11H2,1-3H3,(H,20,25)(H2,21,22,23,24). The van der Waals surface area contributed by atoms with Crippen LogP contribution in [-0.2, 0) is 6.54 Å². The number of amides is 1. The lowest BCUT2D eigenvalue weighted by Gasteiger charge is -2.08. The van der Waals surface area contributed by atoms with E-state index in [0.29, 0.717) is 12.4 Å². The minimum atomic E-state index is -0.305. The second kappa shape index (κ2) is 7.69. The van der Waals surface area contributed by atoms with Crippen LogP contribution >= 0.6 is 0 Å². The van der Waals surface area contributed by atoms with Gasteiger partial charge in [0.2, 0.25) is 0 Å². The lowest BCUT2D eigenvalue weighted by atomic mass is 10.1. The fraction of sp³-hybridized carbons (Fsp3) is 0.211. The number of aryl methyl sites for hydroxylation is 2. The van der Waals surface area contributed by atoms with Crippen LogP contribution in [0.4, 0.5) is 11.5 Å². The third kappa shape index (κ3) is 4.00. The Morgan fingerprint density at radius 1 is 1.08 bits per heavy atom. The highest BCUT2D eigenvalue weighted by Crippen LogP contribution is 2.20. The van der Waals surface area contributed by atoms with E-state index in [1.807, 2.05) is 56.3 Å². The number of hydrogen-bond donors (Lipinski definition) is 3. The van der Waals surface area contributed by atoms with Crippen molar-refractivity contribution in [3.63, 3.8) is 0 Å². The van der Waals surface area contributed by atoms with E-state index >= 15 is 0 Å². The number of nitrogens with one attached hydrogen (secondary N) is 3. The molecule has 3 N–H and O–H groups in total. The molecule has 0 aliphatic carbocycles. The van der Waals surface area contributed by atoms with Gasteiger partial charge in [0.25, 0.3) is 5.91 Å². The summed E-state index contributed by atoms with van der Waals surface area (Å²) in [6, 6.07) is 13.5. The number of methoxy groups -OCH3 is 1. The van der Waals surface area contributed by atoms with Crippen molar-refractivity contribution in [3.8, 4) is 5.75 Å². The molecular formula is C19H21N5O2. The zero-order chi connectivity index (χ0) is 18.5. The molecule has 3 rings (SSSR count). The molecule has 0 unspecified atom stereocenters. The van der Waals surface area contributed by atoms with Gasteiger partial charge in [0.15, 0.2) is 11.5 Å². The van der Waals surface area contributed by atoms with Crippen LogP contribution in [0.15, 0.2) is 42.5 Å². The smallest absolute Gasteiger partial charge is 0.275 e. The number of anilines is 2. The second-order valence-corrected chi connectivity index (χ2v) is 5.98. The lowest BCUT2D eigenvalue weighted by molar-refractivity contribution is 0.0946. The van der Waals surface area contributed by atoms with Crippen LogP contribution in [0.5, 0.6) is 5.75 Å². The van der Waals surface area contributed by atoms with E-state index in [2.05, 4.69) is 26.0 Å². The van der Waals surface area contributed by atoms with Gasteiger partial charge in [-0.05, 0) is 54.8 Å². The monoisotopic (exact) mass is 351 g/mol. The van der Waals surface area contributed by atoms with E-state index in [1.165, 1.54) is 5.56 Å². The van der Waals surface area contributed by atoms with Crippen LogP contribution in [0.1, 0.15) is 27.2 Å². The SMILES string of the molecule is COc1ccc(CNC(=O)c2n[nH]nc2Nc2ccc(C)c(C)c2)cc1. The quantitative estimate of drug-likeness (QED) is 0.635. The third-order valence-electron chi connectivity index (χ3n) is 4.14. The maximum Gasteiger partial charge on any atom is 0.275 e. The second-order valence-electron chi connectivity index (χ2n) is 5.98. The molecule has 0 bridgehead atoms. The van der Waals surface area contributed by atoms with E-state index in [-0.39, 0.29) is 11.6 Å². The summed E-state index contributed by atoms with van der Waals surface area (Å²) in [6.45, 7) is 4.47. The molecule has 0 aliphatic heterocycles. The molecule has 0 aliphatic rings. The normalized spacial score (nSPS) is 10.4. The molecule has 134 valence electrons. The van der Waals surface area contributed by atoms with Crippen molar-refractivity contribution in [2.75, 3.05) is 12.4 Å². The minimum Gasteiger partial charge on any atom is -0.497 e. The van der Waals surface area contributed by atoms with Gasteiger partial charge in [0.1, 0.15) is 5.75 Å². The summed E-state index contributed by atoms with van der Waals surface area (Å²) in [6.07, 6.45) is 0. The Hall–Kier alpha value is -3.35. The molecule has 3 aromatic rings. The highest BCUT2D eigenvalue weighted by Gasteiger charge is 2.16. The molecule has 7 nitrogen and oxygen atoms in total. The van der Waals surface area contributed by atoms with Crippen molar-refractivity contribution in [2.45, 2.75) is 20.4 Å². The number of hydrogen-bond acceptors (Lipinski definition) is 5. The highest BCUT2D eigenvalue weighted by atomic mass is 16.5. The number of aromatic amines is 1. The number of benzene rings is 2. The van der Waals surface area contributed by atoms with E-state index < -0.39 is 0 Å². The van der Waals surface area contributed by atoms with Gasteiger partial charge in [-0.2, -0.15) is 5.21 Å². The summed E-state index contributed by atoms with van der Waals surface area (Å²) in [4.78, 5) is 12.4. The van der Waals surface area contributed by atoms with Gasteiger partial charge >= 0.3 is 0 Å². The van der Waals surface area contributed by atoms with E-state index in [4.69, 9.17) is 4.74 Å². The van der Waals surface area contributed by atoms with Crippen LogP contribution < -0.4 is 15.4 Å². The molecule has 0 fully saturated rings. The zero-order valence-corrected chi connectivity index (χ0v) is 15.0. The maximum absolute atomic E-state index is 12.4. The molecule has 0 radical (unpaired) electrons. The summed E-state index contributed by atoms with van der Waals surface area (Å²) in [5.74, 6) is 0.859. The summed E-state index contributed by atoms with van der Waals surface area (Å²) >= 11 is 0. The van der Waals surface area contributed by atoms with Crippen molar-refractivity contribution in [2.24, 2.45) is 0 Å². The van der Waals surface area contributed by atoms with Gasteiger partial charge in [-0.15, -0.1) is 10.2 Å². The van der Waals surface area contributed by atoms with Crippen molar-refractivity contribution in [1.82, 2.24) is 20.7 Å². The van der Waals surface area contributed by atoms with Gasteiger partial charge in [0, 0.05) is 12.2 Å². The van der Waals surface area contributed by atoms with Gasteiger partial charge in [-0.3, -0.25) is 4.79 Å². The fourth-order valence-corrected chi connectivity index (χ4v) is 2.44. The first-order valence-corrected chi connectivity index (χ1v) is 8.23. The number of H-pyrrole nitrogens is 1. The number of carbonyl (C=O) groups excluding carboxylic acids is 1. The number of carbonyl (C=O) groups is 1. The highest BCUT2D eigenvalue weighted by molar-refractivity contribution is 5.97. The van der Waals surface area contributed by atoms with Gasteiger partial charge in [-0.1, -0.05) is 18.2 Å². The molecule has 1 amide bonds. The molecule has 0 atom stereocenters. The van der Waals surface area contributed by atoms with Crippen LogP contribution in [0.3, 0.4) is 0 Å². The molecular weight excluding hydrogens is 330 g/mol. The summed E-state index contributed by atoms with van der Waals surface area (Å²) in [7, 11) is 1.62. The Morgan fingerprint density at radius 3 is 2.54 bits per heavy atom. The van der Waals surface area contributed by atoms with Crippen LogP contribution in [-0.4, -0.2) is 28.4 Å². The summed E-state index contributed by atoms with van der Waals surface area (Å²) in [5.41, 5.74) is 4.39. The van der Waals surface area contributed by atoms with Crippen molar-refractivity contribution in [1.29, 1.82) is 0 Å². The van der Waals surface area contributed by atoms with Gasteiger partial charge in [0.05, 0.1) is 7.11 Å². The Kier molecular flexibility index (Phi) is 5.17. The maximum atomic E-state index is 12.4. The first kappa shape index (κ1) is 17.5. The largest absolute Gasteiger partial charge is 0.497 e. The van der Waals surface area contributed by atoms with E-state index in [1.54, 1.807) is 7.11 Å². The molecule has 1 heterocycles. The van der Waals surface area contributed by atoms with Crippen LogP contribution in [0, 0.1) is 13.8 Å². The average molecular weight is 351 g/mol. The molecule has 7 heteroatoms. The number of rotatable bonds is 6. The molecule has 0 spiro atoms. The molecule has 0 saturated carbocycles. The van der Waals surface area contributed by atoms with Crippen LogP contribution in [0.25, 0.3) is 0 Å². The summed E-state index contributed by atoms with van der Waals surface area (Å²) in [5, 5.41) is 16.5. The van der Waals surface area contributed by atoms with Crippen molar-refractivity contribution >= 4 is 17.4 Å². The van der Waals surface area contributed by atoms with Crippen molar-refractivity contribution < 1.29 is 9.53 Å². The molecule has 2 aromatic carbocycles. The molecule has 0 saturated heterocycles. The predicted molar refractivity (Wildman–Crippen MR) is 99.7 cm³/mol. The average Bonchev–Trinajstić information content (AvgIpc) is 3.11. The number of aromatic nitrogens is 3. The Bertz CT molecular complexity index is 903. The summed E-state index contributed by atoms with van der Waals surface area (Å²) < 4.78 is 5.12. The van der Waals surface area contributed by atoms with E-state index in [0.717, 1.165) is 22.6 Å². The fourth-order valence-electron chi connectivity index (χ4n) is 2.44. The first-order chi connectivity index (χ1) is 12.6. The Balaban J connectivity index is 1.66. The minimum absolute atomic E-state index is 0.219. The lowest BCUT2D eigenvalue weighted by Crippen LogP contribution is -2.24. The first-order valence-electron chi connectivity index (χ1n) is 8.23. The number of nitrogens with zero attached hydrogens (tertiary/aromatic N) is 2. The van der Waals surface area contributed by atoms with Crippen LogP contribution in [0.2, 0.25) is 0 Å². The van der Waals surface area contributed by atoms with Gasteiger partial charge < -0.3 is 15.4 Å². The number of ether oxygens (including phenoxy) is 1. The Labute approximate surface area is 151 Å². The van der Waals surface area contributed by atoms with Crippen molar-refractivity contribution in [3.05, 3.63) is 64.8 Å². The third-order valence-corrected chi connectivity index (χ3v) is 4.14. The van der Waals surface area contributed by atoms with Gasteiger partial charge in [-0.25, -0.2) is 0 Å². The molecule has 1 aromatic heterocycles. The molecule has 26 heavy (non-hydrogen) atoms. The Morgan fingerprint density at radius 2 is 1.85 bits per heavy atom. The zero-order valence-electron chi connectivity index (χ0n) is 15.0.